The van der Waals surface area contributed by atoms with Gasteiger partial charge in [-0.15, -0.1) is 11.3 Å². The number of allylic oxidation sites excluding steroid dienone is 1. The van der Waals surface area contributed by atoms with Gasteiger partial charge < -0.3 is 0 Å². The van der Waals surface area contributed by atoms with Crippen LogP contribution in [0.2, 0.25) is 5.02 Å². The molecule has 0 saturated carbocycles. The fourth-order valence-corrected chi connectivity index (χ4v) is 3.87. The van der Waals surface area contributed by atoms with Crippen molar-refractivity contribution in [1.29, 1.82) is 0 Å². The number of thiophene rings is 1. The maximum absolute atomic E-state index is 12.6. The molecule has 6 heteroatoms. The van der Waals surface area contributed by atoms with E-state index in [-0.39, 0.29) is 22.1 Å². The van der Waals surface area contributed by atoms with E-state index in [1.165, 1.54) is 29.5 Å². The van der Waals surface area contributed by atoms with Crippen LogP contribution in [0.3, 0.4) is 0 Å². The van der Waals surface area contributed by atoms with Gasteiger partial charge in [-0.25, -0.2) is 0 Å². The van der Waals surface area contributed by atoms with Crippen LogP contribution in [-0.2, 0) is 0 Å². The highest BCUT2D eigenvalue weighted by molar-refractivity contribution is 7.14. The number of nitrogens with zero attached hydrogens (tertiary/aromatic N) is 1. The molecule has 4 nitrogen and oxygen atoms in total. The lowest BCUT2D eigenvalue weighted by Gasteiger charge is -2.11. The minimum Gasteiger partial charge on any atom is -0.287 e. The van der Waals surface area contributed by atoms with E-state index < -0.39 is 4.92 Å². The maximum atomic E-state index is 12.6. The number of halogens is 1. The minimum atomic E-state index is -0.574. The molecule has 0 amide bonds. The van der Waals surface area contributed by atoms with Gasteiger partial charge >= 0.3 is 0 Å². The fraction of sp³-hybridized carbons (Fsp3) is 0.278. The Morgan fingerprint density at radius 1 is 1.33 bits per heavy atom. The lowest BCUT2D eigenvalue weighted by atomic mass is 9.96. The Bertz CT molecular complexity index is 811. The van der Waals surface area contributed by atoms with Gasteiger partial charge in [0.25, 0.3) is 5.69 Å². The molecule has 0 saturated heterocycles. The first-order valence-corrected chi connectivity index (χ1v) is 8.95. The van der Waals surface area contributed by atoms with Crippen molar-refractivity contribution in [2.75, 3.05) is 0 Å². The van der Waals surface area contributed by atoms with Crippen LogP contribution in [0.4, 0.5) is 5.69 Å². The summed E-state index contributed by atoms with van der Waals surface area (Å²) in [6, 6.07) is 5.94. The van der Waals surface area contributed by atoms with Crippen molar-refractivity contribution in [2.45, 2.75) is 33.1 Å². The zero-order valence-electron chi connectivity index (χ0n) is 13.7. The molecule has 24 heavy (non-hydrogen) atoms. The first kappa shape index (κ1) is 18.4. The number of rotatable bonds is 3. The molecule has 126 valence electrons. The largest absolute Gasteiger partial charge is 0.287 e. The summed E-state index contributed by atoms with van der Waals surface area (Å²) in [7, 11) is 0. The first-order valence-electron chi connectivity index (χ1n) is 7.76. The highest BCUT2D eigenvalue weighted by Crippen LogP contribution is 2.37. The summed E-state index contributed by atoms with van der Waals surface area (Å²) < 4.78 is 0. The highest BCUT2D eigenvalue weighted by atomic mass is 35.5. The number of benzene rings is 1. The number of carbonyl (C=O) groups is 1. The average molecular weight is 364 g/mol. The third-order valence-corrected chi connectivity index (χ3v) is 5.27. The van der Waals surface area contributed by atoms with Gasteiger partial charge in [0.1, 0.15) is 5.56 Å². The van der Waals surface area contributed by atoms with Gasteiger partial charge in [0.2, 0.25) is 5.78 Å². The van der Waals surface area contributed by atoms with Crippen molar-refractivity contribution >= 4 is 40.5 Å². The van der Waals surface area contributed by atoms with E-state index in [1.54, 1.807) is 0 Å². The van der Waals surface area contributed by atoms with E-state index in [9.17, 15) is 14.9 Å². The van der Waals surface area contributed by atoms with Gasteiger partial charge in [0, 0.05) is 16.0 Å². The minimum absolute atomic E-state index is 0.0737. The molecule has 1 aliphatic rings. The lowest BCUT2D eigenvalue weighted by molar-refractivity contribution is -0.385. The number of nitro groups is 1. The molecule has 1 aromatic heterocycles. The molecule has 2 aromatic rings. The van der Waals surface area contributed by atoms with Crippen LogP contribution in [0.5, 0.6) is 0 Å². The molecule has 1 heterocycles. The molecule has 0 bridgehead atoms. The lowest BCUT2D eigenvalue weighted by Crippen LogP contribution is -2.03. The molecule has 0 spiro atoms. The summed E-state index contributed by atoms with van der Waals surface area (Å²) in [6.07, 6.45) is 5.03. The van der Waals surface area contributed by atoms with Crippen molar-refractivity contribution in [3.05, 3.63) is 66.4 Å². The van der Waals surface area contributed by atoms with Crippen molar-refractivity contribution in [1.82, 2.24) is 0 Å². The second kappa shape index (κ2) is 7.73. The second-order valence-electron chi connectivity index (χ2n) is 5.22. The molecule has 1 aliphatic carbocycles. The predicted octanol–water partition coefficient (Wildman–Crippen LogP) is 6.09. The van der Waals surface area contributed by atoms with E-state index in [2.05, 4.69) is 13.0 Å². The van der Waals surface area contributed by atoms with E-state index in [0.29, 0.717) is 10.8 Å². The number of fused-ring (bicyclic) bond motifs is 1. The van der Waals surface area contributed by atoms with Crippen LogP contribution in [0.25, 0.3) is 6.08 Å². The Kier molecular flexibility index (Phi) is 5.91. The number of ketones is 1. The quantitative estimate of drug-likeness (QED) is 0.376. The Balaban J connectivity index is 0.00000100. The number of carbonyl (C=O) groups excluding carboxylic acids is 1. The summed E-state index contributed by atoms with van der Waals surface area (Å²) >= 11 is 7.21. The molecule has 0 N–H and O–H groups in total. The molecule has 1 aromatic carbocycles. The standard InChI is InChI=1S/C16H12ClNO3S.C2H6/c1-9-3-2-4-10-7-14(22-16(9)10)15(19)12-6-5-11(17)8-13(12)18(20)21;1-2/h2,4-9H,3H2,1H3;1-2H3. The van der Waals surface area contributed by atoms with Gasteiger partial charge in [-0.3, -0.25) is 14.9 Å². The summed E-state index contributed by atoms with van der Waals surface area (Å²) in [5.41, 5.74) is 0.848. The average Bonchev–Trinajstić information content (AvgIpc) is 3.01. The summed E-state index contributed by atoms with van der Waals surface area (Å²) in [4.78, 5) is 24.9. The summed E-state index contributed by atoms with van der Waals surface area (Å²) in [5, 5.41) is 11.4. The van der Waals surface area contributed by atoms with Crippen LogP contribution in [-0.4, -0.2) is 10.7 Å². The van der Waals surface area contributed by atoms with Crippen molar-refractivity contribution in [3.8, 4) is 0 Å². The zero-order valence-corrected chi connectivity index (χ0v) is 15.3. The Morgan fingerprint density at radius 3 is 2.67 bits per heavy atom. The predicted molar refractivity (Wildman–Crippen MR) is 99.3 cm³/mol. The maximum Gasteiger partial charge on any atom is 0.282 e. The molecule has 0 fully saturated rings. The number of hydrogen-bond acceptors (Lipinski definition) is 4. The van der Waals surface area contributed by atoms with Crippen molar-refractivity contribution < 1.29 is 9.72 Å². The Hall–Kier alpha value is -1.98. The molecule has 1 atom stereocenters. The van der Waals surface area contributed by atoms with Gasteiger partial charge in [-0.05, 0) is 36.1 Å². The monoisotopic (exact) mass is 363 g/mol. The van der Waals surface area contributed by atoms with Gasteiger partial charge in [-0.1, -0.05) is 44.5 Å². The van der Waals surface area contributed by atoms with Gasteiger partial charge in [0.05, 0.1) is 9.80 Å². The molecule has 3 rings (SSSR count). The normalized spacial score (nSPS) is 15.2. The fourth-order valence-electron chi connectivity index (χ4n) is 2.53. The third kappa shape index (κ3) is 3.57. The summed E-state index contributed by atoms with van der Waals surface area (Å²) in [6.45, 7) is 6.11. The number of hydrogen-bond donors (Lipinski definition) is 0. The molecule has 0 radical (unpaired) electrons. The Labute approximate surface area is 149 Å². The molecular formula is C18H18ClNO3S. The topological polar surface area (TPSA) is 60.2 Å². The molecule has 0 aliphatic heterocycles. The van der Waals surface area contributed by atoms with Crippen LogP contribution in [0, 0.1) is 10.1 Å². The van der Waals surface area contributed by atoms with Crippen LogP contribution < -0.4 is 0 Å². The van der Waals surface area contributed by atoms with E-state index in [0.717, 1.165) is 16.9 Å². The smallest absolute Gasteiger partial charge is 0.282 e. The molecular weight excluding hydrogens is 346 g/mol. The van der Waals surface area contributed by atoms with Crippen LogP contribution in [0.15, 0.2) is 30.3 Å². The van der Waals surface area contributed by atoms with Crippen molar-refractivity contribution in [2.24, 2.45) is 0 Å². The highest BCUT2D eigenvalue weighted by Gasteiger charge is 2.25. The van der Waals surface area contributed by atoms with Crippen LogP contribution >= 0.6 is 22.9 Å². The van der Waals surface area contributed by atoms with Crippen LogP contribution in [0.1, 0.15) is 58.8 Å². The first-order chi connectivity index (χ1) is 11.5. The second-order valence-corrected chi connectivity index (χ2v) is 6.74. The van der Waals surface area contributed by atoms with E-state index >= 15 is 0 Å². The molecule has 1 unspecified atom stereocenters. The van der Waals surface area contributed by atoms with Gasteiger partial charge in [0.15, 0.2) is 0 Å². The third-order valence-electron chi connectivity index (χ3n) is 3.65. The number of nitro benzene ring substituents is 1. The van der Waals surface area contributed by atoms with Gasteiger partial charge in [-0.2, -0.15) is 0 Å². The van der Waals surface area contributed by atoms with E-state index in [1.807, 2.05) is 26.0 Å². The SMILES string of the molecule is CC.CC1CC=Cc2cc(C(=O)c3ccc(Cl)cc3[N+](=O)[O-])sc21. The summed E-state index contributed by atoms with van der Waals surface area (Å²) in [5.74, 6) is 0.0371. The van der Waals surface area contributed by atoms with E-state index in [4.69, 9.17) is 11.6 Å². The Morgan fingerprint density at radius 2 is 2.04 bits per heavy atom. The zero-order chi connectivity index (χ0) is 17.9. The van der Waals surface area contributed by atoms with Crippen molar-refractivity contribution in [3.63, 3.8) is 0 Å².